The fourth-order valence-electron chi connectivity index (χ4n) is 10.3. The van der Waals surface area contributed by atoms with Crippen molar-refractivity contribution < 1.29 is 80.2 Å². The van der Waals surface area contributed by atoms with Gasteiger partial charge < -0.3 is 33.8 Å². The Kier molecular flexibility index (Phi) is 72.4. The summed E-state index contributed by atoms with van der Waals surface area (Å²) in [7, 11) is -9.98. The third-order valence-electron chi connectivity index (χ3n) is 16.3. The molecule has 19 heteroatoms. The number of carbonyl (C=O) groups excluding carboxylic acids is 4. The molecule has 5 atom stereocenters. The Hall–Kier alpha value is -5.06. The lowest BCUT2D eigenvalue weighted by atomic mass is 10.1. The molecule has 594 valence electrons. The summed E-state index contributed by atoms with van der Waals surface area (Å²) in [5.74, 6) is -2.24. The second kappa shape index (κ2) is 76.1. The zero-order valence-corrected chi connectivity index (χ0v) is 66.7. The molecule has 3 N–H and O–H groups in total. The van der Waals surface area contributed by atoms with Crippen LogP contribution in [0.15, 0.2) is 146 Å². The number of hydrogen-bond donors (Lipinski definition) is 3. The smallest absolute Gasteiger partial charge is 0.462 e. The molecular weight excluding hydrogens is 1350 g/mol. The second-order valence-corrected chi connectivity index (χ2v) is 29.1. The van der Waals surface area contributed by atoms with E-state index in [2.05, 4.69) is 174 Å². The Bertz CT molecular complexity index is 2540. The van der Waals surface area contributed by atoms with Gasteiger partial charge in [-0.1, -0.05) is 276 Å². The Morgan fingerprint density at radius 1 is 0.279 bits per heavy atom. The lowest BCUT2D eigenvalue weighted by Gasteiger charge is -2.21. The summed E-state index contributed by atoms with van der Waals surface area (Å²) in [6.45, 7) is 4.44. The number of unbranched alkanes of at least 4 members (excludes halogenated alkanes) is 24. The van der Waals surface area contributed by atoms with E-state index in [0.717, 1.165) is 218 Å². The van der Waals surface area contributed by atoms with Gasteiger partial charge >= 0.3 is 39.5 Å². The lowest BCUT2D eigenvalue weighted by molar-refractivity contribution is -0.161. The van der Waals surface area contributed by atoms with Gasteiger partial charge in [0.1, 0.15) is 19.3 Å². The summed E-state index contributed by atoms with van der Waals surface area (Å²) < 4.78 is 68.6. The van der Waals surface area contributed by atoms with Crippen molar-refractivity contribution in [2.45, 2.75) is 329 Å². The van der Waals surface area contributed by atoms with Crippen molar-refractivity contribution in [1.82, 2.24) is 0 Å². The lowest BCUT2D eigenvalue weighted by Crippen LogP contribution is -2.30. The summed E-state index contributed by atoms with van der Waals surface area (Å²) in [5.41, 5.74) is 0. The Balaban J connectivity index is 5.38. The first kappa shape index (κ1) is 98.9. The Morgan fingerprint density at radius 2 is 0.500 bits per heavy atom. The van der Waals surface area contributed by atoms with Crippen LogP contribution in [-0.4, -0.2) is 96.7 Å². The van der Waals surface area contributed by atoms with Gasteiger partial charge in [0.2, 0.25) is 0 Å². The van der Waals surface area contributed by atoms with E-state index in [1.54, 1.807) is 0 Å². The molecule has 0 amide bonds. The maximum atomic E-state index is 13.1. The molecule has 0 radical (unpaired) electrons. The zero-order valence-electron chi connectivity index (χ0n) is 64.9. The van der Waals surface area contributed by atoms with Gasteiger partial charge in [-0.3, -0.25) is 37.3 Å². The minimum Gasteiger partial charge on any atom is -0.462 e. The number of hydrogen-bond acceptors (Lipinski definition) is 15. The predicted molar refractivity (Wildman–Crippen MR) is 427 cm³/mol. The summed E-state index contributed by atoms with van der Waals surface area (Å²) in [5, 5.41) is 10.6. The maximum absolute atomic E-state index is 13.1. The van der Waals surface area contributed by atoms with Gasteiger partial charge in [0.15, 0.2) is 12.2 Å². The van der Waals surface area contributed by atoms with Crippen molar-refractivity contribution in [2.75, 3.05) is 39.6 Å². The van der Waals surface area contributed by atoms with Crippen LogP contribution >= 0.6 is 15.6 Å². The molecule has 0 aliphatic rings. The Labute approximate surface area is 630 Å². The van der Waals surface area contributed by atoms with Crippen LogP contribution in [0.2, 0.25) is 0 Å². The quantitative estimate of drug-likeness (QED) is 0.0169. The number of carbonyl (C=O) groups is 4. The van der Waals surface area contributed by atoms with Crippen molar-refractivity contribution in [3.8, 4) is 0 Å². The minimum atomic E-state index is -4.99. The highest BCUT2D eigenvalue weighted by Gasteiger charge is 2.30. The molecule has 17 nitrogen and oxygen atoms in total. The fourth-order valence-corrected chi connectivity index (χ4v) is 11.8. The van der Waals surface area contributed by atoms with Gasteiger partial charge in [-0.25, -0.2) is 9.13 Å². The predicted octanol–water partition coefficient (Wildman–Crippen LogP) is 23.4. The van der Waals surface area contributed by atoms with Crippen molar-refractivity contribution in [2.24, 2.45) is 0 Å². The average Bonchev–Trinajstić information content (AvgIpc) is 0.931. The van der Waals surface area contributed by atoms with Crippen LogP contribution in [0.5, 0.6) is 0 Å². The average molecular weight is 1500 g/mol. The topological polar surface area (TPSA) is 237 Å². The molecule has 0 aromatic heterocycles. The van der Waals surface area contributed by atoms with E-state index >= 15 is 0 Å². The first-order chi connectivity index (χ1) is 50.7. The number of aliphatic hydroxyl groups excluding tert-OH is 1. The van der Waals surface area contributed by atoms with Crippen molar-refractivity contribution in [3.63, 3.8) is 0 Å². The maximum Gasteiger partial charge on any atom is 0.472 e. The van der Waals surface area contributed by atoms with Gasteiger partial charge in [0, 0.05) is 25.7 Å². The van der Waals surface area contributed by atoms with Crippen molar-refractivity contribution in [1.29, 1.82) is 0 Å². The molecule has 0 aromatic rings. The number of allylic oxidation sites excluding steroid dienone is 24. The number of phosphoric acid groups is 2. The number of aliphatic hydroxyl groups is 1. The summed E-state index contributed by atoms with van der Waals surface area (Å²) in [4.78, 5) is 73.0. The molecule has 0 saturated heterocycles. The van der Waals surface area contributed by atoms with Crippen molar-refractivity contribution in [3.05, 3.63) is 146 Å². The van der Waals surface area contributed by atoms with Gasteiger partial charge in [-0.05, 0) is 154 Å². The first-order valence-corrected chi connectivity index (χ1v) is 43.1. The molecule has 0 aliphatic carbocycles. The number of ether oxygens (including phenoxy) is 4. The van der Waals surface area contributed by atoms with Crippen LogP contribution < -0.4 is 0 Å². The molecule has 0 rings (SSSR count). The van der Waals surface area contributed by atoms with Crippen molar-refractivity contribution >= 4 is 39.5 Å². The minimum absolute atomic E-state index is 0.0752. The van der Waals surface area contributed by atoms with E-state index < -0.39 is 97.5 Å². The van der Waals surface area contributed by atoms with E-state index in [-0.39, 0.29) is 25.7 Å². The summed E-state index contributed by atoms with van der Waals surface area (Å²) in [6.07, 6.45) is 86.8. The normalized spacial score (nSPS) is 14.6. The van der Waals surface area contributed by atoms with E-state index in [1.165, 1.54) is 12.8 Å². The molecule has 0 bridgehead atoms. The highest BCUT2D eigenvalue weighted by atomic mass is 31.2. The molecule has 0 aromatic carbocycles. The third-order valence-corrected chi connectivity index (χ3v) is 18.2. The van der Waals surface area contributed by atoms with E-state index in [4.69, 9.17) is 37.0 Å². The summed E-state index contributed by atoms with van der Waals surface area (Å²) >= 11 is 0. The monoisotopic (exact) mass is 1500 g/mol. The summed E-state index contributed by atoms with van der Waals surface area (Å²) in [6, 6.07) is 0. The molecule has 0 fully saturated rings. The SMILES string of the molecule is CC/C=C\C/C=C\C/C=C\C/C=C\CCCCCCCCC(=O)OCC(COP(=O)(O)OCC(O)COP(=O)(O)OCC(COC(=O)CCCCCC/C=C\C/C=C\C/C=C\C/C=C\CC)OC(=O)CCCCCCC/C=C\CCCC)OC(=O)CCCCCCCCC/C=C\C/C=C\C/C=C\CC. The second-order valence-electron chi connectivity index (χ2n) is 26.2. The molecule has 0 heterocycles. The van der Waals surface area contributed by atoms with Gasteiger partial charge in [0.05, 0.1) is 26.4 Å². The van der Waals surface area contributed by atoms with Crippen LogP contribution in [0, 0.1) is 0 Å². The standard InChI is InChI=1S/C85H142O17P2/c1-5-9-13-17-21-25-29-32-35-38-39-42-44-47-51-54-58-62-66-70-83(88)96-76-81(102-85(90)72-68-64-60-56-52-48-45-41-37-34-31-27-23-19-15-11-7-3)78-100-104(93,94)98-74-79(86)73-97-103(91,92)99-77-80(101-84(89)71-67-63-59-55-49-28-24-20-16-12-8-4)75-95-82(87)69-65-61-57-53-50-46-43-40-36-33-30-26-22-18-14-10-6-2/h9-11,13-15,20-27,32-37,39,42-43,46,79-81,86H,5-8,12,16-19,28-31,38,40-41,44-45,47-78H2,1-4H3,(H,91,92)(H,93,94)/b13-9-,14-10-,15-11-,24-20-,25-21-,26-22-,27-23-,35-32-,36-33-,37-34-,42-39-,46-43-. The third kappa shape index (κ3) is 75.2. The van der Waals surface area contributed by atoms with E-state index in [9.17, 15) is 43.2 Å². The van der Waals surface area contributed by atoms with Crippen LogP contribution in [0.25, 0.3) is 0 Å². The molecule has 0 aliphatic heterocycles. The first-order valence-electron chi connectivity index (χ1n) is 40.1. The van der Waals surface area contributed by atoms with Crippen LogP contribution in [-0.2, 0) is 65.4 Å². The van der Waals surface area contributed by atoms with Gasteiger partial charge in [0.25, 0.3) is 0 Å². The fraction of sp³-hybridized carbons (Fsp3) is 0.671. The van der Waals surface area contributed by atoms with Crippen LogP contribution in [0.4, 0.5) is 0 Å². The highest BCUT2D eigenvalue weighted by molar-refractivity contribution is 7.47. The number of esters is 4. The van der Waals surface area contributed by atoms with Crippen LogP contribution in [0.3, 0.4) is 0 Å². The number of rotatable bonds is 74. The molecular formula is C85H142O17P2. The van der Waals surface area contributed by atoms with Gasteiger partial charge in [-0.15, -0.1) is 0 Å². The Morgan fingerprint density at radius 3 is 0.779 bits per heavy atom. The van der Waals surface area contributed by atoms with Crippen LogP contribution in [0.1, 0.15) is 310 Å². The van der Waals surface area contributed by atoms with Gasteiger partial charge in [-0.2, -0.15) is 0 Å². The zero-order chi connectivity index (χ0) is 76.0. The highest BCUT2D eigenvalue weighted by Crippen LogP contribution is 2.45. The van der Waals surface area contributed by atoms with E-state index in [0.29, 0.717) is 25.7 Å². The number of phosphoric ester groups is 2. The molecule has 0 spiro atoms. The van der Waals surface area contributed by atoms with E-state index in [1.807, 2.05) is 0 Å². The molecule has 0 saturated carbocycles. The molecule has 104 heavy (non-hydrogen) atoms. The molecule has 5 unspecified atom stereocenters. The largest absolute Gasteiger partial charge is 0.472 e.